The average Bonchev–Trinajstić information content (AvgIpc) is 3.21. The molecule has 1 aliphatic heterocycles. The molecule has 1 fully saturated rings. The maximum Gasteiger partial charge on any atom is 0.253 e. The molecule has 1 aliphatic rings. The van der Waals surface area contributed by atoms with Gasteiger partial charge in [-0.3, -0.25) is 9.59 Å². The Balaban J connectivity index is 1.16. The lowest BCUT2D eigenvalue weighted by molar-refractivity contribution is 0.0689. The van der Waals surface area contributed by atoms with Crippen LogP contribution in [0, 0.1) is 11.7 Å². The molecule has 168 valence electrons. The van der Waals surface area contributed by atoms with Crippen LogP contribution in [0.2, 0.25) is 0 Å². The number of piperidine rings is 1. The zero-order chi connectivity index (χ0) is 22.5. The van der Waals surface area contributed by atoms with E-state index < -0.39 is 5.91 Å². The van der Waals surface area contributed by atoms with Crippen molar-refractivity contribution in [3.63, 3.8) is 0 Å². The van der Waals surface area contributed by atoms with Gasteiger partial charge in [0, 0.05) is 41.3 Å². The summed E-state index contributed by atoms with van der Waals surface area (Å²) < 4.78 is 13.5. The molecule has 0 saturated carbocycles. The van der Waals surface area contributed by atoms with Crippen LogP contribution in [-0.4, -0.2) is 47.9 Å². The smallest absolute Gasteiger partial charge is 0.253 e. The van der Waals surface area contributed by atoms with Crippen LogP contribution in [-0.2, 0) is 6.42 Å². The Hall–Kier alpha value is -3.19. The maximum atomic E-state index is 13.5. The fourth-order valence-corrected chi connectivity index (χ4v) is 4.37. The number of likely N-dealkylation sites (tertiary alicyclic amines) is 1. The molecule has 1 aromatic heterocycles. The molecule has 2 aromatic carbocycles. The molecule has 4 rings (SSSR count). The maximum absolute atomic E-state index is 13.5. The lowest BCUT2D eigenvalue weighted by Crippen LogP contribution is -2.40. The van der Waals surface area contributed by atoms with Crippen LogP contribution in [0.3, 0.4) is 0 Å². The number of nitrogens with one attached hydrogen (secondary N) is 2. The summed E-state index contributed by atoms with van der Waals surface area (Å²) >= 11 is 0. The van der Waals surface area contributed by atoms with Crippen molar-refractivity contribution in [3.8, 4) is 0 Å². The lowest BCUT2D eigenvalue weighted by atomic mass is 9.96. The highest BCUT2D eigenvalue weighted by atomic mass is 19.1. The van der Waals surface area contributed by atoms with E-state index in [0.29, 0.717) is 17.0 Å². The second-order valence-electron chi connectivity index (χ2n) is 8.49. The summed E-state index contributed by atoms with van der Waals surface area (Å²) in [5.41, 5.74) is 8.37. The van der Waals surface area contributed by atoms with Crippen LogP contribution in [0.4, 0.5) is 4.39 Å². The number of hydrogen-bond donors (Lipinski definition) is 3. The fraction of sp³-hybridized carbons (Fsp3) is 0.360. The number of carbonyl (C=O) groups excluding carboxylic acids is 2. The van der Waals surface area contributed by atoms with Gasteiger partial charge in [0.05, 0.1) is 0 Å². The monoisotopic (exact) mass is 436 g/mol. The Kier molecular flexibility index (Phi) is 6.85. The first kappa shape index (κ1) is 22.0. The van der Waals surface area contributed by atoms with Gasteiger partial charge in [0.2, 0.25) is 5.91 Å². The zero-order valence-electron chi connectivity index (χ0n) is 18.1. The topological polar surface area (TPSA) is 91.2 Å². The van der Waals surface area contributed by atoms with Crippen molar-refractivity contribution >= 4 is 22.7 Å². The largest absolute Gasteiger partial charge is 0.366 e. The molecule has 0 spiro atoms. The van der Waals surface area contributed by atoms with E-state index in [9.17, 15) is 14.0 Å². The summed E-state index contributed by atoms with van der Waals surface area (Å²) in [6.45, 7) is 3.33. The SMILES string of the molecule is NC(=O)c1ccc(C(=O)N2CCC(CNCCCc3c[nH]c4ccc(F)cc34)CC2)cc1. The Morgan fingerprint density at radius 3 is 2.53 bits per heavy atom. The number of rotatable bonds is 8. The molecule has 2 heterocycles. The molecule has 0 bridgehead atoms. The van der Waals surface area contributed by atoms with Crippen molar-refractivity contribution in [1.82, 2.24) is 15.2 Å². The van der Waals surface area contributed by atoms with Crippen molar-refractivity contribution in [2.24, 2.45) is 11.7 Å². The quantitative estimate of drug-likeness (QED) is 0.472. The third-order valence-electron chi connectivity index (χ3n) is 6.28. The van der Waals surface area contributed by atoms with Crippen molar-refractivity contribution in [2.75, 3.05) is 26.2 Å². The first-order valence-corrected chi connectivity index (χ1v) is 11.2. The predicted molar refractivity (Wildman–Crippen MR) is 123 cm³/mol. The number of benzene rings is 2. The summed E-state index contributed by atoms with van der Waals surface area (Å²) in [6, 6.07) is 11.4. The molecule has 0 radical (unpaired) electrons. The Morgan fingerprint density at radius 1 is 1.09 bits per heavy atom. The van der Waals surface area contributed by atoms with Gasteiger partial charge in [-0.25, -0.2) is 4.39 Å². The highest BCUT2D eigenvalue weighted by Crippen LogP contribution is 2.21. The van der Waals surface area contributed by atoms with E-state index in [4.69, 9.17) is 5.73 Å². The number of aryl methyl sites for hydroxylation is 1. The second kappa shape index (κ2) is 9.96. The predicted octanol–water partition coefficient (Wildman–Crippen LogP) is 3.48. The van der Waals surface area contributed by atoms with E-state index >= 15 is 0 Å². The Morgan fingerprint density at radius 2 is 1.81 bits per heavy atom. The number of nitrogens with zero attached hydrogens (tertiary/aromatic N) is 1. The van der Waals surface area contributed by atoms with Crippen LogP contribution in [0.15, 0.2) is 48.7 Å². The summed E-state index contributed by atoms with van der Waals surface area (Å²) in [5, 5.41) is 4.50. The van der Waals surface area contributed by atoms with Crippen molar-refractivity contribution in [2.45, 2.75) is 25.7 Å². The number of halogens is 1. The van der Waals surface area contributed by atoms with E-state index in [0.717, 1.165) is 68.3 Å². The summed E-state index contributed by atoms with van der Waals surface area (Å²) in [5.74, 6) is -0.141. The molecular weight excluding hydrogens is 407 g/mol. The molecule has 7 heteroatoms. The summed E-state index contributed by atoms with van der Waals surface area (Å²) in [7, 11) is 0. The van der Waals surface area contributed by atoms with Gasteiger partial charge in [-0.15, -0.1) is 0 Å². The first-order chi connectivity index (χ1) is 15.5. The standard InChI is InChI=1S/C25H29FN4O2/c26-21-7-8-23-22(14-21)20(16-29-23)2-1-11-28-15-17-9-12-30(13-10-17)25(32)19-5-3-18(4-6-19)24(27)31/h3-8,14,16-17,28-29H,1-2,9-13,15H2,(H2,27,31). The highest BCUT2D eigenvalue weighted by Gasteiger charge is 2.23. The van der Waals surface area contributed by atoms with Crippen LogP contribution < -0.4 is 11.1 Å². The average molecular weight is 437 g/mol. The van der Waals surface area contributed by atoms with Gasteiger partial charge in [-0.2, -0.15) is 0 Å². The third kappa shape index (κ3) is 5.16. The molecule has 0 unspecified atom stereocenters. The number of H-pyrrole nitrogens is 1. The molecule has 2 amide bonds. The number of aromatic nitrogens is 1. The van der Waals surface area contributed by atoms with E-state index in [2.05, 4.69) is 10.3 Å². The fourth-order valence-electron chi connectivity index (χ4n) is 4.37. The summed E-state index contributed by atoms with van der Waals surface area (Å²) in [6.07, 6.45) is 5.80. The van der Waals surface area contributed by atoms with Gasteiger partial charge < -0.3 is 20.9 Å². The number of amides is 2. The van der Waals surface area contributed by atoms with Gasteiger partial charge in [-0.05, 0) is 92.7 Å². The third-order valence-corrected chi connectivity index (χ3v) is 6.28. The number of carbonyl (C=O) groups is 2. The first-order valence-electron chi connectivity index (χ1n) is 11.2. The number of fused-ring (bicyclic) bond motifs is 1. The zero-order valence-corrected chi connectivity index (χ0v) is 18.1. The summed E-state index contributed by atoms with van der Waals surface area (Å²) in [4.78, 5) is 28.9. The van der Waals surface area contributed by atoms with E-state index in [1.54, 1.807) is 36.4 Å². The van der Waals surface area contributed by atoms with Gasteiger partial charge >= 0.3 is 0 Å². The molecule has 0 aliphatic carbocycles. The molecule has 32 heavy (non-hydrogen) atoms. The van der Waals surface area contributed by atoms with Crippen LogP contribution in [0.1, 0.15) is 45.5 Å². The van der Waals surface area contributed by atoms with Gasteiger partial charge in [0.25, 0.3) is 5.91 Å². The van der Waals surface area contributed by atoms with Crippen LogP contribution >= 0.6 is 0 Å². The van der Waals surface area contributed by atoms with Gasteiger partial charge in [-0.1, -0.05) is 0 Å². The Bertz CT molecular complexity index is 1090. The molecule has 0 atom stereocenters. The van der Waals surface area contributed by atoms with Gasteiger partial charge in [0.1, 0.15) is 5.82 Å². The minimum atomic E-state index is -0.493. The number of hydrogen-bond acceptors (Lipinski definition) is 3. The molecule has 3 aromatic rings. The van der Waals surface area contributed by atoms with Crippen LogP contribution in [0.25, 0.3) is 10.9 Å². The van der Waals surface area contributed by atoms with E-state index in [1.165, 1.54) is 6.07 Å². The number of nitrogens with two attached hydrogens (primary N) is 1. The van der Waals surface area contributed by atoms with Crippen molar-refractivity contribution in [1.29, 1.82) is 0 Å². The number of aromatic amines is 1. The highest BCUT2D eigenvalue weighted by molar-refractivity contribution is 5.97. The molecule has 6 nitrogen and oxygen atoms in total. The Labute approximate surface area is 187 Å². The van der Waals surface area contributed by atoms with Gasteiger partial charge in [0.15, 0.2) is 0 Å². The van der Waals surface area contributed by atoms with Crippen molar-refractivity contribution < 1.29 is 14.0 Å². The second-order valence-corrected chi connectivity index (χ2v) is 8.49. The van der Waals surface area contributed by atoms with Crippen LogP contribution in [0.5, 0.6) is 0 Å². The molecular formula is C25H29FN4O2. The number of primary amides is 1. The normalized spacial score (nSPS) is 14.7. The van der Waals surface area contributed by atoms with E-state index in [1.807, 2.05) is 11.1 Å². The lowest BCUT2D eigenvalue weighted by Gasteiger charge is -2.32. The van der Waals surface area contributed by atoms with Crippen molar-refractivity contribution in [3.05, 3.63) is 71.2 Å². The minimum absolute atomic E-state index is 0.00240. The molecule has 4 N–H and O–H groups in total. The minimum Gasteiger partial charge on any atom is -0.366 e. The van der Waals surface area contributed by atoms with E-state index in [-0.39, 0.29) is 11.7 Å². The molecule has 1 saturated heterocycles.